The Bertz CT molecular complexity index is 1100. The number of rotatable bonds is 10. The first-order valence-electron chi connectivity index (χ1n) is 12.2. The van der Waals surface area contributed by atoms with Crippen LogP contribution in [0.2, 0.25) is 0 Å². The van der Waals surface area contributed by atoms with E-state index >= 15 is 0 Å². The monoisotopic (exact) mass is 554 g/mol. The van der Waals surface area contributed by atoms with Crippen LogP contribution in [-0.2, 0) is 22.4 Å². The van der Waals surface area contributed by atoms with Crippen LogP contribution < -0.4 is 11.5 Å². The standard InChI is InChI=1S/C20H30N6OS2.C8H8O/c1-20(2,11-9-15(21)28-18(23)25-3)12-10-16(22)29-19(24)26-17(27)13-14-7-5-4-6-8-14;9-7-6-8-4-2-1-3-5-8/h4-8,21-22H,9-13H2,1-3H3,(H2,23,25)(H2,24,26,27);1-5,7H,6H2. The van der Waals surface area contributed by atoms with Gasteiger partial charge in [0.2, 0.25) is 0 Å². The maximum absolute atomic E-state index is 12.0. The molecule has 0 atom stereocenters. The van der Waals surface area contributed by atoms with Crippen LogP contribution in [0.5, 0.6) is 0 Å². The molecule has 0 unspecified atom stereocenters. The normalized spacial score (nSPS) is 11.8. The molecule has 0 radical (unpaired) electrons. The van der Waals surface area contributed by atoms with Crippen molar-refractivity contribution < 1.29 is 9.59 Å². The van der Waals surface area contributed by atoms with Crippen LogP contribution in [0.3, 0.4) is 0 Å². The predicted molar refractivity (Wildman–Crippen MR) is 163 cm³/mol. The first-order valence-corrected chi connectivity index (χ1v) is 13.8. The van der Waals surface area contributed by atoms with E-state index in [1.54, 1.807) is 7.05 Å². The number of amides is 1. The van der Waals surface area contributed by atoms with Crippen LogP contribution in [0, 0.1) is 16.2 Å². The van der Waals surface area contributed by atoms with Gasteiger partial charge in [0.1, 0.15) is 6.29 Å². The van der Waals surface area contributed by atoms with Gasteiger partial charge in [0.15, 0.2) is 10.3 Å². The number of hydrogen-bond donors (Lipinski definition) is 4. The highest BCUT2D eigenvalue weighted by Gasteiger charge is 2.20. The summed E-state index contributed by atoms with van der Waals surface area (Å²) >= 11 is 2.21. The lowest BCUT2D eigenvalue weighted by Crippen LogP contribution is -2.17. The van der Waals surface area contributed by atoms with E-state index in [9.17, 15) is 9.59 Å². The molecule has 2 aromatic rings. The van der Waals surface area contributed by atoms with Gasteiger partial charge in [-0.1, -0.05) is 74.5 Å². The zero-order chi connectivity index (χ0) is 28.4. The van der Waals surface area contributed by atoms with Crippen molar-refractivity contribution in [2.45, 2.75) is 52.4 Å². The van der Waals surface area contributed by atoms with Gasteiger partial charge in [-0.3, -0.25) is 20.6 Å². The molecular formula is C28H38N6O2S2. The summed E-state index contributed by atoms with van der Waals surface area (Å²) in [5.74, 6) is -0.319. The lowest BCUT2D eigenvalue weighted by Gasteiger charge is -2.24. The maximum Gasteiger partial charge on any atom is 0.252 e. The van der Waals surface area contributed by atoms with Crippen molar-refractivity contribution in [1.29, 1.82) is 10.8 Å². The summed E-state index contributed by atoms with van der Waals surface area (Å²) in [7, 11) is 1.60. The molecule has 0 aliphatic carbocycles. The van der Waals surface area contributed by atoms with Gasteiger partial charge in [-0.15, -0.1) is 0 Å². The van der Waals surface area contributed by atoms with Crippen molar-refractivity contribution in [2.24, 2.45) is 26.9 Å². The summed E-state index contributed by atoms with van der Waals surface area (Å²) in [6, 6.07) is 19.0. The van der Waals surface area contributed by atoms with Gasteiger partial charge in [0.05, 0.1) is 16.5 Å². The van der Waals surface area contributed by atoms with E-state index < -0.39 is 0 Å². The SMILES string of the molecule is CN=C(N)SC(=N)CCC(C)(C)CCC(=N)SC(N)=NC(=O)Cc1ccccc1.O=CCc1ccccc1. The molecule has 6 N–H and O–H groups in total. The third-order valence-corrected chi connectivity index (χ3v) is 6.92. The van der Waals surface area contributed by atoms with Gasteiger partial charge in [0.25, 0.3) is 5.91 Å². The fourth-order valence-corrected chi connectivity index (χ4v) is 4.25. The third-order valence-electron chi connectivity index (χ3n) is 5.33. The van der Waals surface area contributed by atoms with Gasteiger partial charge in [0, 0.05) is 13.5 Å². The summed E-state index contributed by atoms with van der Waals surface area (Å²) in [6.45, 7) is 4.22. The highest BCUT2D eigenvalue weighted by atomic mass is 32.2. The van der Waals surface area contributed by atoms with E-state index in [0.29, 0.717) is 34.5 Å². The Hall–Kier alpha value is -3.24. The molecule has 0 heterocycles. The number of amidine groups is 2. The zero-order valence-corrected chi connectivity index (χ0v) is 23.9. The van der Waals surface area contributed by atoms with Crippen molar-refractivity contribution >= 4 is 56.1 Å². The molecule has 0 aliphatic rings. The van der Waals surface area contributed by atoms with E-state index in [4.69, 9.17) is 22.3 Å². The van der Waals surface area contributed by atoms with Crippen molar-refractivity contribution in [3.63, 3.8) is 0 Å². The zero-order valence-electron chi connectivity index (χ0n) is 22.3. The van der Waals surface area contributed by atoms with Crippen molar-refractivity contribution in [3.8, 4) is 0 Å². The Morgan fingerprint density at radius 2 is 1.34 bits per heavy atom. The number of aliphatic imine (C=N–C) groups is 2. The number of nitrogens with two attached hydrogens (primary N) is 2. The quantitative estimate of drug-likeness (QED) is 0.174. The van der Waals surface area contributed by atoms with Crippen LogP contribution >= 0.6 is 23.5 Å². The fourth-order valence-electron chi connectivity index (χ4n) is 3.10. The number of carbonyl (C=O) groups is 2. The van der Waals surface area contributed by atoms with Crippen LogP contribution in [0.25, 0.3) is 0 Å². The van der Waals surface area contributed by atoms with Crippen molar-refractivity contribution in [1.82, 2.24) is 0 Å². The Morgan fingerprint density at radius 3 is 1.82 bits per heavy atom. The molecule has 8 nitrogen and oxygen atoms in total. The second-order valence-corrected chi connectivity index (χ2v) is 11.4. The molecule has 0 spiro atoms. The molecule has 0 saturated heterocycles. The number of benzene rings is 2. The molecule has 0 saturated carbocycles. The highest BCUT2D eigenvalue weighted by molar-refractivity contribution is 8.26. The van der Waals surface area contributed by atoms with Gasteiger partial charge in [-0.2, -0.15) is 4.99 Å². The minimum absolute atomic E-state index is 0.0348. The lowest BCUT2D eigenvalue weighted by atomic mass is 9.83. The Labute approximate surface area is 234 Å². The number of nitrogens with zero attached hydrogens (tertiary/aromatic N) is 2. The number of hydrogen-bond acceptors (Lipinski definition) is 7. The van der Waals surface area contributed by atoms with Gasteiger partial charge in [-0.05, 0) is 65.7 Å². The molecule has 0 aliphatic heterocycles. The van der Waals surface area contributed by atoms with Crippen molar-refractivity contribution in [2.75, 3.05) is 7.05 Å². The summed E-state index contributed by atoms with van der Waals surface area (Å²) < 4.78 is 0. The minimum atomic E-state index is -0.319. The van der Waals surface area contributed by atoms with Crippen LogP contribution in [0.4, 0.5) is 0 Å². The summed E-state index contributed by atoms with van der Waals surface area (Å²) in [5, 5.41) is 17.4. The number of thioether (sulfide) groups is 2. The summed E-state index contributed by atoms with van der Waals surface area (Å²) in [4.78, 5) is 29.7. The first-order chi connectivity index (χ1) is 18.0. The average Bonchev–Trinajstić information content (AvgIpc) is 2.88. The van der Waals surface area contributed by atoms with E-state index in [1.807, 2.05) is 60.7 Å². The van der Waals surface area contributed by atoms with Gasteiger partial charge >= 0.3 is 0 Å². The van der Waals surface area contributed by atoms with Crippen LogP contribution in [0.1, 0.15) is 50.7 Å². The molecule has 1 amide bonds. The van der Waals surface area contributed by atoms with Gasteiger partial charge in [-0.25, -0.2) is 0 Å². The number of aldehydes is 1. The number of nitrogens with one attached hydrogen (secondary N) is 2. The summed E-state index contributed by atoms with van der Waals surface area (Å²) in [6.07, 6.45) is 4.38. The largest absolute Gasteiger partial charge is 0.378 e. The molecule has 0 bridgehead atoms. The molecule has 10 heteroatoms. The molecule has 38 heavy (non-hydrogen) atoms. The van der Waals surface area contributed by atoms with E-state index in [2.05, 4.69) is 23.8 Å². The van der Waals surface area contributed by atoms with E-state index in [1.165, 1.54) is 11.8 Å². The molecule has 0 fully saturated rings. The highest BCUT2D eigenvalue weighted by Crippen LogP contribution is 2.30. The predicted octanol–water partition coefficient (Wildman–Crippen LogP) is 5.45. The second kappa shape index (κ2) is 18.1. The number of carbonyl (C=O) groups excluding carboxylic acids is 2. The first kappa shape index (κ1) is 32.8. The second-order valence-electron chi connectivity index (χ2n) is 9.14. The molecule has 204 valence electrons. The van der Waals surface area contributed by atoms with Crippen molar-refractivity contribution in [3.05, 3.63) is 71.8 Å². The molecule has 0 aromatic heterocycles. The smallest absolute Gasteiger partial charge is 0.252 e. The van der Waals surface area contributed by atoms with E-state index in [-0.39, 0.29) is 22.9 Å². The topological polar surface area (TPSA) is 159 Å². The van der Waals surface area contributed by atoms with Gasteiger partial charge < -0.3 is 16.3 Å². The average molecular weight is 555 g/mol. The fraction of sp³-hybridized carbons (Fsp3) is 0.357. The van der Waals surface area contributed by atoms with E-state index in [0.717, 1.165) is 42.0 Å². The Morgan fingerprint density at radius 1 is 0.868 bits per heavy atom. The molecular weight excluding hydrogens is 516 g/mol. The Kier molecular flexibility index (Phi) is 15.6. The molecule has 2 rings (SSSR count). The maximum atomic E-state index is 12.0. The van der Waals surface area contributed by atoms with Crippen LogP contribution in [-0.4, -0.2) is 39.7 Å². The minimum Gasteiger partial charge on any atom is -0.378 e. The Balaban J connectivity index is 0.000000671. The van der Waals surface area contributed by atoms with Crippen LogP contribution in [0.15, 0.2) is 70.6 Å². The molecule has 2 aromatic carbocycles. The summed E-state index contributed by atoms with van der Waals surface area (Å²) in [5.41, 5.74) is 13.4. The lowest BCUT2D eigenvalue weighted by molar-refractivity contribution is -0.117. The third kappa shape index (κ3) is 15.8.